The largest absolute Gasteiger partial charge is 0.395 e. The van der Waals surface area contributed by atoms with Crippen LogP contribution in [0.15, 0.2) is 29.6 Å². The van der Waals surface area contributed by atoms with Crippen LogP contribution in [0, 0.1) is 10.1 Å². The van der Waals surface area contributed by atoms with Gasteiger partial charge in [-0.1, -0.05) is 12.1 Å². The molecule has 0 unspecified atom stereocenters. The Balaban J connectivity index is 2.12. The maximum atomic E-state index is 10.8. The number of aliphatic hydroxyl groups is 1. The lowest BCUT2D eigenvalue weighted by atomic mass is 10.2. The average Bonchev–Trinajstić information content (AvgIpc) is 2.93. The second-order valence-electron chi connectivity index (χ2n) is 4.42. The quantitative estimate of drug-likeness (QED) is 0.629. The van der Waals surface area contributed by atoms with Gasteiger partial charge in [-0.15, -0.1) is 11.3 Å². The summed E-state index contributed by atoms with van der Waals surface area (Å²) in [5, 5.41) is 25.5. The monoisotopic (exact) mass is 293 g/mol. The fourth-order valence-electron chi connectivity index (χ4n) is 1.62. The molecule has 6 nitrogen and oxygen atoms in total. The second-order valence-corrected chi connectivity index (χ2v) is 5.27. The van der Waals surface area contributed by atoms with Gasteiger partial charge in [-0.2, -0.15) is 0 Å². The van der Waals surface area contributed by atoms with Crippen molar-refractivity contribution in [2.24, 2.45) is 0 Å². The summed E-state index contributed by atoms with van der Waals surface area (Å²) in [4.78, 5) is 14.8. The number of benzene rings is 1. The lowest BCUT2D eigenvalue weighted by Crippen LogP contribution is -2.28. The number of non-ortho nitro benzene ring substituents is 1. The lowest BCUT2D eigenvalue weighted by molar-refractivity contribution is -0.384. The van der Waals surface area contributed by atoms with Gasteiger partial charge < -0.3 is 10.4 Å². The van der Waals surface area contributed by atoms with Crippen molar-refractivity contribution in [1.29, 1.82) is 0 Å². The van der Waals surface area contributed by atoms with Crippen molar-refractivity contribution in [3.8, 4) is 10.6 Å². The summed E-state index contributed by atoms with van der Waals surface area (Å²) in [5.74, 6) is 0. The minimum Gasteiger partial charge on any atom is -0.395 e. The molecule has 0 aliphatic carbocycles. The van der Waals surface area contributed by atoms with E-state index in [4.69, 9.17) is 5.11 Å². The first-order valence-corrected chi connectivity index (χ1v) is 7.01. The van der Waals surface area contributed by atoms with Gasteiger partial charge in [-0.25, -0.2) is 4.98 Å². The van der Waals surface area contributed by atoms with Gasteiger partial charge in [-0.3, -0.25) is 10.1 Å². The summed E-state index contributed by atoms with van der Waals surface area (Å²) in [7, 11) is 0. The van der Waals surface area contributed by atoms with Crippen LogP contribution in [0.25, 0.3) is 10.6 Å². The van der Waals surface area contributed by atoms with Gasteiger partial charge in [0, 0.05) is 35.7 Å². The summed E-state index contributed by atoms with van der Waals surface area (Å²) >= 11 is 1.45. The van der Waals surface area contributed by atoms with Gasteiger partial charge in [0.1, 0.15) is 5.01 Å². The molecule has 1 heterocycles. The molecule has 0 saturated heterocycles. The number of nitrogens with one attached hydrogen (secondary N) is 1. The van der Waals surface area contributed by atoms with Crippen molar-refractivity contribution in [2.75, 3.05) is 6.61 Å². The van der Waals surface area contributed by atoms with Gasteiger partial charge in [0.2, 0.25) is 0 Å². The van der Waals surface area contributed by atoms with Crippen LogP contribution in [0.1, 0.15) is 12.6 Å². The number of nitro benzene ring substituents is 1. The van der Waals surface area contributed by atoms with E-state index in [0.717, 1.165) is 16.3 Å². The third-order valence-electron chi connectivity index (χ3n) is 2.76. The summed E-state index contributed by atoms with van der Waals surface area (Å²) in [6.07, 6.45) is 0. The maximum Gasteiger partial charge on any atom is 0.270 e. The van der Waals surface area contributed by atoms with Crippen molar-refractivity contribution in [3.05, 3.63) is 45.5 Å². The van der Waals surface area contributed by atoms with Crippen LogP contribution in [-0.2, 0) is 6.54 Å². The molecule has 0 saturated carbocycles. The molecule has 106 valence electrons. The highest BCUT2D eigenvalue weighted by atomic mass is 32.1. The molecule has 1 atom stereocenters. The molecule has 1 aromatic heterocycles. The molecule has 2 aromatic rings. The SMILES string of the molecule is C[C@H](CO)NCc1csc(-c2cccc([N+](=O)[O-])c2)n1. The van der Waals surface area contributed by atoms with Crippen LogP contribution in [0.5, 0.6) is 0 Å². The summed E-state index contributed by atoms with van der Waals surface area (Å²) in [5.41, 5.74) is 1.66. The fourth-order valence-corrected chi connectivity index (χ4v) is 2.43. The average molecular weight is 293 g/mol. The van der Waals surface area contributed by atoms with Gasteiger partial charge in [0.15, 0.2) is 0 Å². The third kappa shape index (κ3) is 3.60. The molecule has 0 radical (unpaired) electrons. The van der Waals surface area contributed by atoms with E-state index in [1.54, 1.807) is 12.1 Å². The summed E-state index contributed by atoms with van der Waals surface area (Å²) < 4.78 is 0. The first-order valence-electron chi connectivity index (χ1n) is 6.13. The Hall–Kier alpha value is -1.83. The van der Waals surface area contributed by atoms with Crippen LogP contribution >= 0.6 is 11.3 Å². The number of aromatic nitrogens is 1. The van der Waals surface area contributed by atoms with Crippen molar-refractivity contribution in [2.45, 2.75) is 19.5 Å². The third-order valence-corrected chi connectivity index (χ3v) is 3.70. The Kier molecular flexibility index (Phi) is 4.78. The van der Waals surface area contributed by atoms with E-state index < -0.39 is 4.92 Å². The predicted octanol–water partition coefficient (Wildman–Crippen LogP) is 2.19. The highest BCUT2D eigenvalue weighted by molar-refractivity contribution is 7.13. The Labute approximate surface area is 120 Å². The first-order chi connectivity index (χ1) is 9.60. The van der Waals surface area contributed by atoms with Crippen molar-refractivity contribution in [1.82, 2.24) is 10.3 Å². The highest BCUT2D eigenvalue weighted by Gasteiger charge is 2.10. The Morgan fingerprint density at radius 2 is 2.35 bits per heavy atom. The molecular formula is C13H15N3O3S. The number of aliphatic hydroxyl groups excluding tert-OH is 1. The van der Waals surface area contributed by atoms with Gasteiger partial charge >= 0.3 is 0 Å². The summed E-state index contributed by atoms with van der Waals surface area (Å²) in [6, 6.07) is 6.45. The first kappa shape index (κ1) is 14.6. The molecule has 2 rings (SSSR count). The minimum absolute atomic E-state index is 0.0120. The maximum absolute atomic E-state index is 10.8. The van der Waals surface area contributed by atoms with Crippen LogP contribution in [0.2, 0.25) is 0 Å². The second kappa shape index (κ2) is 6.56. The molecule has 2 N–H and O–H groups in total. The zero-order valence-corrected chi connectivity index (χ0v) is 11.8. The lowest BCUT2D eigenvalue weighted by Gasteiger charge is -2.08. The van der Waals surface area contributed by atoms with E-state index in [0.29, 0.717) is 6.54 Å². The van der Waals surface area contributed by atoms with E-state index in [2.05, 4.69) is 10.3 Å². The molecule has 7 heteroatoms. The van der Waals surface area contributed by atoms with Gasteiger partial charge in [0.05, 0.1) is 17.2 Å². The molecule has 0 aliphatic heterocycles. The Morgan fingerprint density at radius 1 is 1.55 bits per heavy atom. The molecule has 20 heavy (non-hydrogen) atoms. The van der Waals surface area contributed by atoms with Gasteiger partial charge in [0.25, 0.3) is 5.69 Å². The molecule has 0 bridgehead atoms. The topological polar surface area (TPSA) is 88.3 Å². The number of thiazole rings is 1. The van der Waals surface area contributed by atoms with Crippen LogP contribution in [0.3, 0.4) is 0 Å². The normalized spacial score (nSPS) is 12.3. The minimum atomic E-state index is -0.414. The standard InChI is InChI=1S/C13H15N3O3S/c1-9(7-17)14-6-11-8-20-13(15-11)10-3-2-4-12(5-10)16(18)19/h2-5,8-9,14,17H,6-7H2,1H3/t9-/m1/s1. The number of hydrogen-bond donors (Lipinski definition) is 2. The number of nitrogens with zero attached hydrogens (tertiary/aromatic N) is 2. The van der Waals surface area contributed by atoms with E-state index in [1.165, 1.54) is 23.5 Å². The van der Waals surface area contributed by atoms with Crippen LogP contribution in [-0.4, -0.2) is 27.7 Å². The van der Waals surface area contributed by atoms with Gasteiger partial charge in [-0.05, 0) is 6.92 Å². The zero-order chi connectivity index (χ0) is 14.5. The van der Waals surface area contributed by atoms with E-state index in [-0.39, 0.29) is 18.3 Å². The van der Waals surface area contributed by atoms with E-state index in [1.807, 2.05) is 12.3 Å². The van der Waals surface area contributed by atoms with E-state index >= 15 is 0 Å². The van der Waals surface area contributed by atoms with E-state index in [9.17, 15) is 10.1 Å². The number of hydrogen-bond acceptors (Lipinski definition) is 6. The Morgan fingerprint density at radius 3 is 3.05 bits per heavy atom. The molecule has 0 aliphatic rings. The molecule has 0 spiro atoms. The van der Waals surface area contributed by atoms with Crippen molar-refractivity contribution in [3.63, 3.8) is 0 Å². The molecule has 1 aromatic carbocycles. The molecule has 0 fully saturated rings. The van der Waals surface area contributed by atoms with Crippen LogP contribution < -0.4 is 5.32 Å². The number of nitro groups is 1. The highest BCUT2D eigenvalue weighted by Crippen LogP contribution is 2.26. The zero-order valence-electron chi connectivity index (χ0n) is 10.9. The molecule has 0 amide bonds. The fraction of sp³-hybridized carbons (Fsp3) is 0.308. The number of rotatable bonds is 6. The van der Waals surface area contributed by atoms with Crippen LogP contribution in [0.4, 0.5) is 5.69 Å². The smallest absolute Gasteiger partial charge is 0.270 e. The molecular weight excluding hydrogens is 278 g/mol. The summed E-state index contributed by atoms with van der Waals surface area (Å²) in [6.45, 7) is 2.52. The predicted molar refractivity (Wildman–Crippen MR) is 77.6 cm³/mol. The van der Waals surface area contributed by atoms with Crippen molar-refractivity contribution < 1.29 is 10.0 Å². The van der Waals surface area contributed by atoms with Crippen molar-refractivity contribution >= 4 is 17.0 Å². The Bertz CT molecular complexity index is 600.